The summed E-state index contributed by atoms with van der Waals surface area (Å²) in [6, 6.07) is 0.463. The predicted octanol–water partition coefficient (Wildman–Crippen LogP) is 2.52. The van der Waals surface area contributed by atoms with Crippen LogP contribution in [0.2, 0.25) is 0 Å². The van der Waals surface area contributed by atoms with Crippen molar-refractivity contribution in [1.29, 1.82) is 0 Å². The number of aryl methyl sites for hydroxylation is 1. The second-order valence-electron chi connectivity index (χ2n) is 4.73. The minimum Gasteiger partial charge on any atom is -0.475 e. The van der Waals surface area contributed by atoms with Gasteiger partial charge in [-0.3, -0.25) is 0 Å². The number of thiophene rings is 1. The second kappa shape index (κ2) is 5.20. The highest BCUT2D eigenvalue weighted by Gasteiger charge is 2.15. The summed E-state index contributed by atoms with van der Waals surface area (Å²) < 4.78 is 6.93. The summed E-state index contributed by atoms with van der Waals surface area (Å²) in [4.78, 5) is 8.55. The maximum Gasteiger partial charge on any atom is 0.234 e. The van der Waals surface area contributed by atoms with E-state index < -0.39 is 0 Å². The molecule has 1 saturated heterocycles. The molecule has 96 valence electrons. The zero-order valence-corrected chi connectivity index (χ0v) is 11.3. The van der Waals surface area contributed by atoms with Crippen molar-refractivity contribution in [2.75, 3.05) is 13.2 Å². The van der Waals surface area contributed by atoms with Crippen molar-refractivity contribution in [1.82, 2.24) is 15.3 Å². The average Bonchev–Trinajstić information content (AvgIpc) is 2.80. The minimum absolute atomic E-state index is 0.463. The summed E-state index contributed by atoms with van der Waals surface area (Å²) in [5.41, 5.74) is 2.21. The van der Waals surface area contributed by atoms with Crippen LogP contribution < -0.4 is 10.1 Å². The van der Waals surface area contributed by atoms with Gasteiger partial charge < -0.3 is 10.1 Å². The van der Waals surface area contributed by atoms with Crippen LogP contribution in [0.25, 0.3) is 10.2 Å². The molecule has 5 heteroatoms. The number of hydrogen-bond donors (Lipinski definition) is 1. The Balaban J connectivity index is 1.74. The van der Waals surface area contributed by atoms with E-state index in [-0.39, 0.29) is 0 Å². The van der Waals surface area contributed by atoms with E-state index in [1.807, 2.05) is 0 Å². The lowest BCUT2D eigenvalue weighted by molar-refractivity contribution is 0.234. The maximum absolute atomic E-state index is 5.87. The lowest BCUT2D eigenvalue weighted by atomic mass is 10.1. The Kier molecular flexibility index (Phi) is 3.43. The van der Waals surface area contributed by atoms with Gasteiger partial charge in [-0.15, -0.1) is 11.3 Å². The van der Waals surface area contributed by atoms with Crippen LogP contribution in [0, 0.1) is 6.92 Å². The number of piperidine rings is 1. The highest BCUT2D eigenvalue weighted by Crippen LogP contribution is 2.30. The number of ether oxygens (including phenoxy) is 1. The Labute approximate surface area is 110 Å². The van der Waals surface area contributed by atoms with Crippen LogP contribution in [-0.2, 0) is 0 Å². The first-order valence-electron chi connectivity index (χ1n) is 6.39. The summed E-state index contributed by atoms with van der Waals surface area (Å²) in [5, 5.41) is 5.58. The molecular formula is C13H17N3OS. The number of aromatic nitrogens is 2. The van der Waals surface area contributed by atoms with Gasteiger partial charge in [-0.25, -0.2) is 9.97 Å². The highest BCUT2D eigenvalue weighted by atomic mass is 32.1. The van der Waals surface area contributed by atoms with Crippen molar-refractivity contribution >= 4 is 21.6 Å². The van der Waals surface area contributed by atoms with Gasteiger partial charge in [0.15, 0.2) is 0 Å². The molecule has 0 bridgehead atoms. The standard InChI is InChI=1S/C13H17N3OS/c1-9-7-18-12-11(9)15-8-16-13(12)17-6-10-4-2-3-5-14-10/h7-8,10,14H,2-6H2,1H3. The zero-order valence-electron chi connectivity index (χ0n) is 10.5. The van der Waals surface area contributed by atoms with Gasteiger partial charge in [0, 0.05) is 6.04 Å². The highest BCUT2D eigenvalue weighted by molar-refractivity contribution is 7.17. The third-order valence-corrected chi connectivity index (χ3v) is 4.41. The van der Waals surface area contributed by atoms with Crippen molar-refractivity contribution < 1.29 is 4.74 Å². The van der Waals surface area contributed by atoms with Gasteiger partial charge in [0.2, 0.25) is 5.88 Å². The van der Waals surface area contributed by atoms with E-state index in [2.05, 4.69) is 27.6 Å². The van der Waals surface area contributed by atoms with Gasteiger partial charge in [-0.1, -0.05) is 6.42 Å². The number of rotatable bonds is 3. The summed E-state index contributed by atoms with van der Waals surface area (Å²) in [7, 11) is 0. The normalized spacial score (nSPS) is 20.2. The Bertz CT molecular complexity index is 534. The molecule has 4 nitrogen and oxygen atoms in total. The third-order valence-electron chi connectivity index (χ3n) is 3.33. The molecule has 0 spiro atoms. The molecule has 2 aromatic rings. The van der Waals surface area contributed by atoms with Gasteiger partial charge in [-0.05, 0) is 37.3 Å². The number of hydrogen-bond acceptors (Lipinski definition) is 5. The SMILES string of the molecule is Cc1csc2c(OCC3CCCCN3)ncnc12. The number of nitrogens with zero attached hydrogens (tertiary/aromatic N) is 2. The molecule has 1 fully saturated rings. The van der Waals surface area contributed by atoms with E-state index in [1.54, 1.807) is 17.7 Å². The van der Waals surface area contributed by atoms with Gasteiger partial charge >= 0.3 is 0 Å². The molecular weight excluding hydrogens is 246 g/mol. The molecule has 1 atom stereocenters. The Morgan fingerprint density at radius 3 is 3.22 bits per heavy atom. The van der Waals surface area contributed by atoms with E-state index in [1.165, 1.54) is 24.8 Å². The Morgan fingerprint density at radius 2 is 2.39 bits per heavy atom. The maximum atomic E-state index is 5.87. The Morgan fingerprint density at radius 1 is 1.44 bits per heavy atom. The van der Waals surface area contributed by atoms with Gasteiger partial charge in [0.25, 0.3) is 0 Å². The van der Waals surface area contributed by atoms with Crippen molar-refractivity contribution in [2.24, 2.45) is 0 Å². The molecule has 0 radical (unpaired) electrons. The lowest BCUT2D eigenvalue weighted by Gasteiger charge is -2.23. The van der Waals surface area contributed by atoms with Crippen molar-refractivity contribution in [3.8, 4) is 5.88 Å². The van der Waals surface area contributed by atoms with Crippen LogP contribution in [0.4, 0.5) is 0 Å². The fourth-order valence-corrected chi connectivity index (χ4v) is 3.24. The van der Waals surface area contributed by atoms with Crippen molar-refractivity contribution in [2.45, 2.75) is 32.2 Å². The van der Waals surface area contributed by atoms with Gasteiger partial charge in [-0.2, -0.15) is 0 Å². The molecule has 1 aliphatic heterocycles. The molecule has 1 unspecified atom stereocenters. The summed E-state index contributed by atoms with van der Waals surface area (Å²) in [6.07, 6.45) is 5.35. The first-order chi connectivity index (χ1) is 8.84. The van der Waals surface area contributed by atoms with Gasteiger partial charge in [0.05, 0.1) is 5.52 Å². The molecule has 3 heterocycles. The number of nitrogens with one attached hydrogen (secondary N) is 1. The molecule has 0 aliphatic carbocycles. The first-order valence-corrected chi connectivity index (χ1v) is 7.27. The fourth-order valence-electron chi connectivity index (χ4n) is 2.30. The van der Waals surface area contributed by atoms with E-state index in [9.17, 15) is 0 Å². The zero-order chi connectivity index (χ0) is 12.4. The summed E-state index contributed by atoms with van der Waals surface area (Å²) >= 11 is 1.66. The third kappa shape index (κ3) is 2.33. The molecule has 3 rings (SSSR count). The minimum atomic E-state index is 0.463. The summed E-state index contributed by atoms with van der Waals surface area (Å²) in [5.74, 6) is 0.727. The monoisotopic (exact) mass is 263 g/mol. The Hall–Kier alpha value is -1.20. The first kappa shape index (κ1) is 11.9. The number of fused-ring (bicyclic) bond motifs is 1. The van der Waals surface area contributed by atoms with Crippen LogP contribution in [0.5, 0.6) is 5.88 Å². The van der Waals surface area contributed by atoms with E-state index in [0.29, 0.717) is 12.6 Å². The van der Waals surface area contributed by atoms with Crippen LogP contribution in [0.15, 0.2) is 11.7 Å². The van der Waals surface area contributed by atoms with E-state index in [0.717, 1.165) is 22.6 Å². The molecule has 2 aromatic heterocycles. The molecule has 1 N–H and O–H groups in total. The van der Waals surface area contributed by atoms with E-state index in [4.69, 9.17) is 4.74 Å². The van der Waals surface area contributed by atoms with Crippen molar-refractivity contribution in [3.63, 3.8) is 0 Å². The smallest absolute Gasteiger partial charge is 0.234 e. The van der Waals surface area contributed by atoms with Gasteiger partial charge in [0.1, 0.15) is 17.6 Å². The largest absolute Gasteiger partial charge is 0.475 e. The average molecular weight is 263 g/mol. The summed E-state index contributed by atoms with van der Waals surface area (Å²) in [6.45, 7) is 3.87. The van der Waals surface area contributed by atoms with Crippen LogP contribution in [-0.4, -0.2) is 29.2 Å². The predicted molar refractivity (Wildman–Crippen MR) is 73.3 cm³/mol. The molecule has 18 heavy (non-hydrogen) atoms. The van der Waals surface area contributed by atoms with Crippen molar-refractivity contribution in [3.05, 3.63) is 17.3 Å². The molecule has 1 aliphatic rings. The molecule has 0 amide bonds. The molecule has 0 saturated carbocycles. The lowest BCUT2D eigenvalue weighted by Crippen LogP contribution is -2.38. The van der Waals surface area contributed by atoms with Crippen LogP contribution in [0.1, 0.15) is 24.8 Å². The quantitative estimate of drug-likeness (QED) is 0.924. The van der Waals surface area contributed by atoms with E-state index >= 15 is 0 Å². The fraction of sp³-hybridized carbons (Fsp3) is 0.538. The van der Waals surface area contributed by atoms with Crippen LogP contribution in [0.3, 0.4) is 0 Å². The topological polar surface area (TPSA) is 47.0 Å². The molecule has 0 aromatic carbocycles. The van der Waals surface area contributed by atoms with Crippen LogP contribution >= 0.6 is 11.3 Å². The second-order valence-corrected chi connectivity index (χ2v) is 5.61.